The van der Waals surface area contributed by atoms with Crippen LogP contribution in [0.5, 0.6) is 0 Å². The van der Waals surface area contributed by atoms with E-state index in [1.807, 2.05) is 0 Å². The van der Waals surface area contributed by atoms with E-state index in [4.69, 9.17) is 10.8 Å². The molecule has 4 N–H and O–H groups in total. The summed E-state index contributed by atoms with van der Waals surface area (Å²) in [5.41, 5.74) is 4.12. The van der Waals surface area contributed by atoms with Gasteiger partial charge >= 0.3 is 0 Å². The van der Waals surface area contributed by atoms with E-state index in [0.29, 0.717) is 6.29 Å². The summed E-state index contributed by atoms with van der Waals surface area (Å²) in [5.74, 6) is 0. The molecular weight excluding hydrogens is 152 g/mol. The Morgan fingerprint density at radius 1 is 2.00 bits per heavy atom. The summed E-state index contributed by atoms with van der Waals surface area (Å²) < 4.78 is 2.37. The van der Waals surface area contributed by atoms with Gasteiger partial charge in [-0.05, 0) is 6.92 Å². The molecule has 2 atom stereocenters. The van der Waals surface area contributed by atoms with E-state index in [0.717, 1.165) is 0 Å². The minimum Gasteiger partial charge on any atom is -0.391 e. The van der Waals surface area contributed by atoms with Crippen LogP contribution in [0.3, 0.4) is 0 Å². The molecule has 0 spiro atoms. The first-order valence-electron chi connectivity index (χ1n) is 2.88. The van der Waals surface area contributed by atoms with Crippen molar-refractivity contribution in [2.24, 2.45) is 5.73 Å². The number of carbonyl (C=O) groups is 1. The fourth-order valence-electron chi connectivity index (χ4n) is 0.483. The molecule has 0 radical (unpaired) electrons. The Labute approximate surface area is 65.3 Å². The van der Waals surface area contributed by atoms with Gasteiger partial charge in [-0.2, -0.15) is 0 Å². The second kappa shape index (κ2) is 3.92. The Kier molecular flexibility index (Phi) is 3.88. The SMILES string of the molecule is C[C@@H](O)[C@](C=O)(CN)NS. The lowest BCUT2D eigenvalue weighted by Gasteiger charge is -2.27. The van der Waals surface area contributed by atoms with Crippen molar-refractivity contribution in [2.75, 3.05) is 6.54 Å². The third kappa shape index (κ3) is 1.69. The van der Waals surface area contributed by atoms with E-state index in [1.165, 1.54) is 6.92 Å². The van der Waals surface area contributed by atoms with Gasteiger partial charge in [0.15, 0.2) is 0 Å². The van der Waals surface area contributed by atoms with E-state index in [-0.39, 0.29) is 6.54 Å². The van der Waals surface area contributed by atoms with Crippen LogP contribution in [0.2, 0.25) is 0 Å². The molecular formula is C5H12N2O2S. The molecule has 0 saturated carbocycles. The van der Waals surface area contributed by atoms with Crippen molar-refractivity contribution in [3.8, 4) is 0 Å². The lowest BCUT2D eigenvalue weighted by molar-refractivity contribution is -0.115. The molecule has 4 nitrogen and oxygen atoms in total. The van der Waals surface area contributed by atoms with Gasteiger partial charge in [0.25, 0.3) is 0 Å². The van der Waals surface area contributed by atoms with Crippen LogP contribution in [0.1, 0.15) is 6.92 Å². The van der Waals surface area contributed by atoms with Gasteiger partial charge in [-0.25, -0.2) is 4.72 Å². The second-order valence-electron chi connectivity index (χ2n) is 2.15. The third-order valence-electron chi connectivity index (χ3n) is 1.50. The number of nitrogens with two attached hydrogens (primary N) is 1. The highest BCUT2D eigenvalue weighted by atomic mass is 32.1. The van der Waals surface area contributed by atoms with Crippen LogP contribution in [-0.2, 0) is 4.79 Å². The maximum Gasteiger partial charge on any atom is 0.144 e. The summed E-state index contributed by atoms with van der Waals surface area (Å²) in [6.45, 7) is 1.50. The van der Waals surface area contributed by atoms with Crippen LogP contribution in [0.15, 0.2) is 0 Å². The molecule has 60 valence electrons. The number of aliphatic hydroxyl groups is 1. The first-order valence-corrected chi connectivity index (χ1v) is 3.33. The van der Waals surface area contributed by atoms with Gasteiger partial charge in [-0.1, -0.05) is 12.8 Å². The first-order chi connectivity index (χ1) is 4.63. The molecule has 0 amide bonds. The lowest BCUT2D eigenvalue weighted by Crippen LogP contribution is -2.56. The Balaban J connectivity index is 4.30. The minimum absolute atomic E-state index is 0.0255. The second-order valence-corrected chi connectivity index (χ2v) is 2.37. The summed E-state index contributed by atoms with van der Waals surface area (Å²) in [5, 5.41) is 9.04. The quantitative estimate of drug-likeness (QED) is 0.308. The number of thiol groups is 1. The molecule has 5 heteroatoms. The molecule has 0 heterocycles. The number of aldehydes is 1. The van der Waals surface area contributed by atoms with Gasteiger partial charge in [0.1, 0.15) is 11.8 Å². The van der Waals surface area contributed by atoms with Crippen LogP contribution < -0.4 is 10.5 Å². The van der Waals surface area contributed by atoms with E-state index in [1.54, 1.807) is 0 Å². The number of hydrogen-bond donors (Lipinski definition) is 4. The first kappa shape index (κ1) is 9.90. The Morgan fingerprint density at radius 3 is 2.50 bits per heavy atom. The Hall–Kier alpha value is -0.100. The minimum atomic E-state index is -1.11. The molecule has 0 fully saturated rings. The van der Waals surface area contributed by atoms with E-state index in [2.05, 4.69) is 17.5 Å². The molecule has 0 aliphatic rings. The largest absolute Gasteiger partial charge is 0.391 e. The average Bonchev–Trinajstić information content (AvgIpc) is 1.92. The standard InChI is InChI=1S/C5H12N2O2S/c1-4(9)5(2-6,3-8)7-10/h3-4,7,9-10H,2,6H2,1H3/t4-,5-/m1/s1. The van der Waals surface area contributed by atoms with Crippen molar-refractivity contribution in [1.82, 2.24) is 4.72 Å². The van der Waals surface area contributed by atoms with E-state index in [9.17, 15) is 4.79 Å². The van der Waals surface area contributed by atoms with Crippen molar-refractivity contribution < 1.29 is 9.90 Å². The lowest BCUT2D eigenvalue weighted by atomic mass is 9.97. The topological polar surface area (TPSA) is 75.3 Å². The van der Waals surface area contributed by atoms with Crippen LogP contribution >= 0.6 is 12.8 Å². The highest BCUT2D eigenvalue weighted by Gasteiger charge is 2.32. The number of carbonyl (C=O) groups excluding carboxylic acids is 1. The van der Waals surface area contributed by atoms with Crippen molar-refractivity contribution in [2.45, 2.75) is 18.6 Å². The Bertz CT molecular complexity index is 114. The normalized spacial score (nSPS) is 19.6. The number of rotatable bonds is 4. The number of hydrogen-bond acceptors (Lipinski definition) is 5. The van der Waals surface area contributed by atoms with Crippen molar-refractivity contribution >= 4 is 19.1 Å². The van der Waals surface area contributed by atoms with Crippen molar-refractivity contribution in [1.29, 1.82) is 0 Å². The van der Waals surface area contributed by atoms with Crippen LogP contribution in [0, 0.1) is 0 Å². The third-order valence-corrected chi connectivity index (χ3v) is 1.92. The van der Waals surface area contributed by atoms with Crippen LogP contribution in [0.4, 0.5) is 0 Å². The molecule has 0 saturated heterocycles. The summed E-state index contributed by atoms with van der Waals surface area (Å²) in [4.78, 5) is 10.4. The van der Waals surface area contributed by atoms with Crippen molar-refractivity contribution in [3.63, 3.8) is 0 Å². The summed E-state index contributed by atoms with van der Waals surface area (Å²) >= 11 is 3.68. The predicted octanol–water partition coefficient (Wildman–Crippen LogP) is -1.30. The van der Waals surface area contributed by atoms with Crippen LogP contribution in [0.25, 0.3) is 0 Å². The molecule has 0 aliphatic heterocycles. The maximum atomic E-state index is 10.4. The predicted molar refractivity (Wildman–Crippen MR) is 41.7 cm³/mol. The van der Waals surface area contributed by atoms with E-state index < -0.39 is 11.6 Å². The highest BCUT2D eigenvalue weighted by molar-refractivity contribution is 7.78. The smallest absolute Gasteiger partial charge is 0.144 e. The Morgan fingerprint density at radius 2 is 2.50 bits per heavy atom. The summed E-state index contributed by atoms with van der Waals surface area (Å²) in [6.07, 6.45) is -0.280. The van der Waals surface area contributed by atoms with Gasteiger partial charge in [0.2, 0.25) is 0 Å². The van der Waals surface area contributed by atoms with E-state index >= 15 is 0 Å². The molecule has 0 bridgehead atoms. The highest BCUT2D eigenvalue weighted by Crippen LogP contribution is 2.05. The molecule has 10 heavy (non-hydrogen) atoms. The molecule has 0 aromatic carbocycles. The van der Waals surface area contributed by atoms with Gasteiger partial charge < -0.3 is 15.6 Å². The van der Waals surface area contributed by atoms with Gasteiger partial charge in [0, 0.05) is 6.54 Å². The summed E-state index contributed by atoms with van der Waals surface area (Å²) in [7, 11) is 0. The molecule has 0 aromatic heterocycles. The zero-order valence-electron chi connectivity index (χ0n) is 5.74. The number of nitrogens with one attached hydrogen (secondary N) is 1. The maximum absolute atomic E-state index is 10.4. The summed E-state index contributed by atoms with van der Waals surface area (Å²) in [6, 6.07) is 0. The van der Waals surface area contributed by atoms with Crippen molar-refractivity contribution in [3.05, 3.63) is 0 Å². The molecule has 0 aromatic rings. The van der Waals surface area contributed by atoms with Crippen LogP contribution in [-0.4, -0.2) is 29.6 Å². The zero-order chi connectivity index (χ0) is 8.20. The molecule has 0 aliphatic carbocycles. The zero-order valence-corrected chi connectivity index (χ0v) is 6.64. The molecule has 0 unspecified atom stereocenters. The van der Waals surface area contributed by atoms with Gasteiger partial charge in [-0.3, -0.25) is 0 Å². The van der Waals surface area contributed by atoms with Gasteiger partial charge in [-0.15, -0.1) is 0 Å². The fourth-order valence-corrected chi connectivity index (χ4v) is 0.813. The van der Waals surface area contributed by atoms with Gasteiger partial charge in [0.05, 0.1) is 6.10 Å². The average molecular weight is 164 g/mol. The number of aliphatic hydroxyl groups excluding tert-OH is 1. The monoisotopic (exact) mass is 164 g/mol. The molecule has 0 rings (SSSR count). The fraction of sp³-hybridized carbons (Fsp3) is 0.800.